The van der Waals surface area contributed by atoms with Crippen molar-refractivity contribution in [1.29, 1.82) is 0 Å². The second kappa shape index (κ2) is 8.82. The van der Waals surface area contributed by atoms with Crippen LogP contribution in [0.4, 0.5) is 5.69 Å². The van der Waals surface area contributed by atoms with Gasteiger partial charge in [-0.2, -0.15) is 0 Å². The summed E-state index contributed by atoms with van der Waals surface area (Å²) in [6.07, 6.45) is 4.89. The summed E-state index contributed by atoms with van der Waals surface area (Å²) >= 11 is 0. The van der Waals surface area contributed by atoms with Crippen molar-refractivity contribution in [3.63, 3.8) is 0 Å². The molecule has 1 fully saturated rings. The zero-order valence-corrected chi connectivity index (χ0v) is 22.5. The number of nitrogens with zero attached hydrogens (tertiary/aromatic N) is 4. The van der Waals surface area contributed by atoms with E-state index in [0.29, 0.717) is 23.2 Å². The summed E-state index contributed by atoms with van der Waals surface area (Å²) in [5, 5.41) is 21.5. The molecule has 0 radical (unpaired) electrons. The number of rotatable bonds is 6. The Morgan fingerprint density at radius 1 is 1.18 bits per heavy atom. The molecule has 12 heteroatoms. The molecule has 6 rings (SSSR count). The van der Waals surface area contributed by atoms with E-state index in [-0.39, 0.29) is 29.5 Å². The predicted molar refractivity (Wildman–Crippen MR) is 133 cm³/mol. The lowest BCUT2D eigenvalue weighted by Crippen LogP contribution is -3.00. The normalized spacial score (nSPS) is 23.9. The summed E-state index contributed by atoms with van der Waals surface area (Å²) in [5.41, 5.74) is 1.63. The Labute approximate surface area is 225 Å². The van der Waals surface area contributed by atoms with Crippen LogP contribution in [0.5, 0.6) is 0 Å². The highest BCUT2D eigenvalue weighted by Crippen LogP contribution is 2.49. The Balaban J connectivity index is 0.00000294. The van der Waals surface area contributed by atoms with E-state index in [2.05, 4.69) is 0 Å². The van der Waals surface area contributed by atoms with Crippen molar-refractivity contribution in [3.8, 4) is 0 Å². The number of imidazole rings is 1. The molecule has 0 bridgehead atoms. The Morgan fingerprint density at radius 3 is 2.55 bits per heavy atom. The zero-order valence-electron chi connectivity index (χ0n) is 20.9. The van der Waals surface area contributed by atoms with Crippen LogP contribution in [0, 0.1) is 11.8 Å². The van der Waals surface area contributed by atoms with Crippen LogP contribution in [0.25, 0.3) is 10.8 Å². The Morgan fingerprint density at radius 2 is 1.92 bits per heavy atom. The number of amides is 1. The monoisotopic (exact) mass is 558 g/mol. The lowest BCUT2D eigenvalue weighted by Gasteiger charge is -2.46. The van der Waals surface area contributed by atoms with Gasteiger partial charge >= 0.3 is 5.97 Å². The van der Waals surface area contributed by atoms with Gasteiger partial charge in [0, 0.05) is 16.9 Å². The molecule has 3 aliphatic rings. The maximum absolute atomic E-state index is 13.8. The topological polar surface area (TPSA) is 124 Å². The number of halogens is 1. The van der Waals surface area contributed by atoms with Gasteiger partial charge in [-0.1, -0.05) is 25.1 Å². The number of carboxylic acids is 1. The third-order valence-electron chi connectivity index (χ3n) is 7.92. The molecule has 1 saturated heterocycles. The van der Waals surface area contributed by atoms with Gasteiger partial charge < -0.3 is 27.5 Å². The second-order valence-electron chi connectivity index (χ2n) is 10.1. The van der Waals surface area contributed by atoms with Crippen LogP contribution in [-0.2, 0) is 33.2 Å². The van der Waals surface area contributed by atoms with Crippen LogP contribution in [-0.4, -0.2) is 58.7 Å². The van der Waals surface area contributed by atoms with Crippen molar-refractivity contribution < 1.29 is 45.2 Å². The minimum atomic E-state index is -3.96. The SMILES string of the molecule is C[C@@H](O)[C@H]1C(=O)N2C(C(=O)O)=C(CN3c4cccc5c(Cn6cc[n+](C)c6)ccc(c45)S3(=O)=O)[C@H](C)[C@H]12.[Cl-]. The Bertz CT molecular complexity index is 1650. The quantitative estimate of drug-likeness (QED) is 0.272. The number of anilines is 1. The van der Waals surface area contributed by atoms with Crippen molar-refractivity contribution >= 4 is 38.4 Å². The molecular formula is C26H27ClN4O6S. The number of hydrogen-bond donors (Lipinski definition) is 2. The van der Waals surface area contributed by atoms with Gasteiger partial charge in [0.05, 0.1) is 42.2 Å². The van der Waals surface area contributed by atoms with Crippen LogP contribution >= 0.6 is 0 Å². The number of fused-ring (bicyclic) bond motifs is 1. The molecule has 0 saturated carbocycles. The highest BCUT2D eigenvalue weighted by Gasteiger charge is 2.60. The van der Waals surface area contributed by atoms with Crippen molar-refractivity contribution in [1.82, 2.24) is 9.47 Å². The molecule has 38 heavy (non-hydrogen) atoms. The van der Waals surface area contributed by atoms with E-state index in [9.17, 15) is 28.2 Å². The minimum absolute atomic E-state index is 0. The maximum atomic E-state index is 13.8. The number of hydrogen-bond acceptors (Lipinski definition) is 5. The standard InChI is InChI=1S/C26H26N4O6S.ClH/c1-14-18(24(26(33)34)30-23(14)21(15(2)31)25(30)32)12-29-19-6-4-5-17-16(11-28-10-9-27(3)13-28)7-8-20(22(17)19)37(29,35)36;/h4-10,13-15,21,23,31H,11-12H2,1-3H3;1H/t14-,15+,21+,23+;/m0./s1. The molecule has 4 heterocycles. The molecule has 3 aromatic rings. The number of aryl methyl sites for hydroxylation is 1. The van der Waals surface area contributed by atoms with Gasteiger partial charge in [-0.15, -0.1) is 0 Å². The summed E-state index contributed by atoms with van der Waals surface area (Å²) in [4.78, 5) is 26.4. The van der Waals surface area contributed by atoms with E-state index >= 15 is 0 Å². The van der Waals surface area contributed by atoms with E-state index in [1.54, 1.807) is 25.1 Å². The lowest BCUT2D eigenvalue weighted by atomic mass is 9.78. The van der Waals surface area contributed by atoms with Gasteiger partial charge in [0.1, 0.15) is 24.6 Å². The van der Waals surface area contributed by atoms with E-state index in [0.717, 1.165) is 10.9 Å². The lowest BCUT2D eigenvalue weighted by molar-refractivity contribution is -0.671. The fourth-order valence-corrected chi connectivity index (χ4v) is 7.87. The molecule has 0 aliphatic carbocycles. The summed E-state index contributed by atoms with van der Waals surface area (Å²) in [5.74, 6) is -2.87. The zero-order chi connectivity index (χ0) is 26.4. The van der Waals surface area contributed by atoms with E-state index in [4.69, 9.17) is 0 Å². The van der Waals surface area contributed by atoms with Crippen LogP contribution in [0.15, 0.2) is 65.2 Å². The largest absolute Gasteiger partial charge is 1.00 e. The first-order valence-corrected chi connectivity index (χ1v) is 13.5. The third kappa shape index (κ3) is 3.49. The van der Waals surface area contributed by atoms with E-state index in [1.807, 2.05) is 47.0 Å². The highest BCUT2D eigenvalue weighted by molar-refractivity contribution is 7.93. The highest BCUT2D eigenvalue weighted by atomic mass is 35.5. The fraction of sp³-hybridized carbons (Fsp3) is 0.346. The van der Waals surface area contributed by atoms with Gasteiger partial charge in [0.25, 0.3) is 10.0 Å². The number of carbonyl (C=O) groups excluding carboxylic acids is 1. The van der Waals surface area contributed by atoms with Crippen LogP contribution in [0.2, 0.25) is 0 Å². The minimum Gasteiger partial charge on any atom is -1.00 e. The molecule has 0 unspecified atom stereocenters. The van der Waals surface area contributed by atoms with Gasteiger partial charge in [0.2, 0.25) is 12.2 Å². The number of carbonyl (C=O) groups is 2. The number of aliphatic hydroxyl groups is 1. The molecule has 2 aromatic carbocycles. The van der Waals surface area contributed by atoms with Crippen molar-refractivity contribution in [2.45, 2.75) is 37.4 Å². The third-order valence-corrected chi connectivity index (χ3v) is 9.72. The number of carboxylic acid groups (broad SMARTS) is 1. The van der Waals surface area contributed by atoms with Gasteiger partial charge in [-0.3, -0.25) is 9.10 Å². The number of β-lactam (4-membered cyclic amide) rings is 1. The first kappa shape index (κ1) is 26.2. The van der Waals surface area contributed by atoms with Crippen molar-refractivity contribution in [2.24, 2.45) is 18.9 Å². The maximum Gasteiger partial charge on any atom is 0.352 e. The van der Waals surface area contributed by atoms with Crippen molar-refractivity contribution in [3.05, 3.63) is 65.9 Å². The first-order valence-electron chi connectivity index (χ1n) is 12.1. The molecule has 1 aromatic heterocycles. The van der Waals surface area contributed by atoms with Crippen LogP contribution in [0.3, 0.4) is 0 Å². The van der Waals surface area contributed by atoms with Gasteiger partial charge in [-0.05, 0) is 30.0 Å². The first-order chi connectivity index (χ1) is 17.5. The van der Waals surface area contributed by atoms with Gasteiger partial charge in [0.15, 0.2) is 0 Å². The number of aliphatic hydroxyl groups excluding tert-OH is 1. The fourth-order valence-electron chi connectivity index (χ4n) is 6.20. The predicted octanol–water partition coefficient (Wildman–Crippen LogP) is -1.78. The van der Waals surface area contributed by atoms with Crippen LogP contribution < -0.4 is 21.3 Å². The number of benzene rings is 2. The molecular weight excluding hydrogens is 532 g/mol. The molecule has 10 nitrogen and oxygen atoms in total. The molecule has 4 atom stereocenters. The van der Waals surface area contributed by atoms with E-state index in [1.165, 1.54) is 16.1 Å². The average molecular weight is 559 g/mol. The summed E-state index contributed by atoms with van der Waals surface area (Å²) in [6.45, 7) is 3.68. The average Bonchev–Trinajstić information content (AvgIpc) is 3.41. The van der Waals surface area contributed by atoms with Gasteiger partial charge in [-0.25, -0.2) is 22.3 Å². The smallest absolute Gasteiger partial charge is 0.352 e. The second-order valence-corrected chi connectivity index (χ2v) is 11.9. The Hall–Kier alpha value is -3.41. The summed E-state index contributed by atoms with van der Waals surface area (Å²) in [7, 11) is -2.03. The Kier molecular flexibility index (Phi) is 6.08. The summed E-state index contributed by atoms with van der Waals surface area (Å²) in [6, 6.07) is 8.36. The molecule has 1 amide bonds. The van der Waals surface area contributed by atoms with Crippen molar-refractivity contribution in [2.75, 3.05) is 10.8 Å². The molecule has 3 aliphatic heterocycles. The molecule has 2 N–H and O–H groups in total. The molecule has 0 spiro atoms. The van der Waals surface area contributed by atoms with E-state index < -0.39 is 45.9 Å². The molecule has 200 valence electrons. The number of aromatic nitrogens is 2. The number of aliphatic carboxylic acids is 1. The van der Waals surface area contributed by atoms with Crippen LogP contribution in [0.1, 0.15) is 19.4 Å². The summed E-state index contributed by atoms with van der Waals surface area (Å²) < 4.78 is 32.7. The number of sulfonamides is 1.